The van der Waals surface area contributed by atoms with Gasteiger partial charge >= 0.3 is 0 Å². The lowest BCUT2D eigenvalue weighted by molar-refractivity contribution is 0.355. The van der Waals surface area contributed by atoms with Gasteiger partial charge in [-0.15, -0.1) is 0 Å². The molecule has 0 atom stereocenters. The van der Waals surface area contributed by atoms with E-state index in [2.05, 4.69) is 27.0 Å². The zero-order valence-corrected chi connectivity index (χ0v) is 9.14. The third-order valence-electron chi connectivity index (χ3n) is 1.34. The Kier molecular flexibility index (Phi) is 3.47. The molecule has 71 valence electrons. The van der Waals surface area contributed by atoms with Gasteiger partial charge in [-0.1, -0.05) is 15.9 Å². The van der Waals surface area contributed by atoms with E-state index < -0.39 is 10.1 Å². The number of benzene rings is 1. The molecule has 0 spiro atoms. The Balaban J connectivity index is 3.02. The maximum absolute atomic E-state index is 11.3. The summed E-state index contributed by atoms with van der Waals surface area (Å²) in [5.41, 5.74) is 0. The predicted molar refractivity (Wildman–Crippen MR) is 52.6 cm³/mol. The van der Waals surface area contributed by atoms with Gasteiger partial charge in [0.2, 0.25) is 0 Å². The number of hydrogen-bond donors (Lipinski definition) is 0. The van der Waals surface area contributed by atoms with Gasteiger partial charge in [-0.05, 0) is 31.2 Å². The molecule has 0 saturated carbocycles. The van der Waals surface area contributed by atoms with E-state index in [0.717, 1.165) is 4.47 Å². The Morgan fingerprint density at radius 3 is 2.31 bits per heavy atom. The standard InChI is InChI=1S/C8H8BrO3S/c1-2-12-13(10,11)8-5-3-7(9)4-6-8/h3-6H,1-2H2. The molecule has 0 aliphatic heterocycles. The largest absolute Gasteiger partial charge is 0.296 e. The zero-order valence-electron chi connectivity index (χ0n) is 6.73. The molecule has 0 N–H and O–H groups in total. The zero-order chi connectivity index (χ0) is 9.90. The van der Waals surface area contributed by atoms with Crippen molar-refractivity contribution in [1.29, 1.82) is 0 Å². The summed E-state index contributed by atoms with van der Waals surface area (Å²) in [7, 11) is -3.61. The van der Waals surface area contributed by atoms with E-state index in [1.165, 1.54) is 12.1 Å². The van der Waals surface area contributed by atoms with Crippen molar-refractivity contribution in [1.82, 2.24) is 0 Å². The van der Waals surface area contributed by atoms with Crippen molar-refractivity contribution in [2.45, 2.75) is 4.90 Å². The van der Waals surface area contributed by atoms with E-state index in [0.29, 0.717) is 0 Å². The molecule has 3 nitrogen and oxygen atoms in total. The van der Waals surface area contributed by atoms with Crippen LogP contribution in [0.4, 0.5) is 0 Å². The number of hydrogen-bond acceptors (Lipinski definition) is 3. The normalized spacial score (nSPS) is 11.5. The van der Waals surface area contributed by atoms with Crippen molar-refractivity contribution in [3.8, 4) is 0 Å². The smallest absolute Gasteiger partial charge is 0.266 e. The van der Waals surface area contributed by atoms with Gasteiger partial charge in [-0.3, -0.25) is 4.18 Å². The lowest BCUT2D eigenvalue weighted by Gasteiger charge is -2.02. The molecule has 0 aliphatic rings. The summed E-state index contributed by atoms with van der Waals surface area (Å²) < 4.78 is 27.9. The van der Waals surface area contributed by atoms with Crippen LogP contribution < -0.4 is 0 Å². The van der Waals surface area contributed by atoms with Crippen LogP contribution in [0, 0.1) is 6.92 Å². The summed E-state index contributed by atoms with van der Waals surface area (Å²) in [4.78, 5) is 0.138. The second-order valence-corrected chi connectivity index (χ2v) is 4.76. The van der Waals surface area contributed by atoms with Crippen molar-refractivity contribution in [2.75, 3.05) is 6.61 Å². The predicted octanol–water partition coefficient (Wildman–Crippen LogP) is 1.99. The molecule has 1 rings (SSSR count). The summed E-state index contributed by atoms with van der Waals surface area (Å²) >= 11 is 3.20. The summed E-state index contributed by atoms with van der Waals surface area (Å²) in [6.07, 6.45) is 0. The monoisotopic (exact) mass is 263 g/mol. The van der Waals surface area contributed by atoms with E-state index >= 15 is 0 Å². The average molecular weight is 264 g/mol. The lowest BCUT2D eigenvalue weighted by atomic mass is 10.4. The first-order valence-corrected chi connectivity index (χ1v) is 5.70. The maximum Gasteiger partial charge on any atom is 0.296 e. The van der Waals surface area contributed by atoms with Crippen LogP contribution in [0.15, 0.2) is 33.6 Å². The third kappa shape index (κ3) is 2.79. The number of halogens is 1. The molecular weight excluding hydrogens is 256 g/mol. The molecule has 1 radical (unpaired) electrons. The van der Waals surface area contributed by atoms with Crippen molar-refractivity contribution in [2.24, 2.45) is 0 Å². The van der Waals surface area contributed by atoms with E-state index in [9.17, 15) is 8.42 Å². The van der Waals surface area contributed by atoms with Crippen LogP contribution in [-0.2, 0) is 14.3 Å². The first kappa shape index (κ1) is 10.7. The van der Waals surface area contributed by atoms with Gasteiger partial charge in [-0.25, -0.2) is 0 Å². The number of rotatable bonds is 3. The molecule has 1 aromatic carbocycles. The molecule has 0 unspecified atom stereocenters. The highest BCUT2D eigenvalue weighted by Crippen LogP contribution is 2.16. The topological polar surface area (TPSA) is 43.4 Å². The van der Waals surface area contributed by atoms with Gasteiger partial charge in [-0.2, -0.15) is 8.42 Å². The third-order valence-corrected chi connectivity index (χ3v) is 3.20. The van der Waals surface area contributed by atoms with Crippen LogP contribution in [-0.4, -0.2) is 15.0 Å². The van der Waals surface area contributed by atoms with Gasteiger partial charge in [0.25, 0.3) is 10.1 Å². The van der Waals surface area contributed by atoms with Gasteiger partial charge in [0.1, 0.15) is 0 Å². The second-order valence-electron chi connectivity index (χ2n) is 2.23. The van der Waals surface area contributed by atoms with Gasteiger partial charge in [0, 0.05) is 4.47 Å². The molecular formula is C8H8BrO3S. The van der Waals surface area contributed by atoms with Crippen molar-refractivity contribution in [3.05, 3.63) is 35.7 Å². The Bertz CT molecular complexity index is 369. The maximum atomic E-state index is 11.3. The van der Waals surface area contributed by atoms with Crippen LogP contribution >= 0.6 is 15.9 Å². The fourth-order valence-corrected chi connectivity index (χ4v) is 1.87. The minimum absolute atomic E-state index is 0.0988. The highest BCUT2D eigenvalue weighted by Gasteiger charge is 2.12. The summed E-state index contributed by atoms with van der Waals surface area (Å²) in [5.74, 6) is 0. The Hall–Kier alpha value is -0.390. The van der Waals surface area contributed by atoms with E-state index in [4.69, 9.17) is 0 Å². The highest BCUT2D eigenvalue weighted by atomic mass is 79.9. The van der Waals surface area contributed by atoms with Crippen molar-refractivity contribution in [3.63, 3.8) is 0 Å². The Morgan fingerprint density at radius 1 is 1.31 bits per heavy atom. The summed E-state index contributed by atoms with van der Waals surface area (Å²) in [6, 6.07) is 6.21. The SMILES string of the molecule is [CH2]COS(=O)(=O)c1ccc(Br)cc1. The van der Waals surface area contributed by atoms with Crippen LogP contribution in [0.25, 0.3) is 0 Å². The molecule has 0 amide bonds. The van der Waals surface area contributed by atoms with Crippen molar-refractivity contribution >= 4 is 26.0 Å². The van der Waals surface area contributed by atoms with Crippen LogP contribution in [0.5, 0.6) is 0 Å². The molecule has 0 heterocycles. The van der Waals surface area contributed by atoms with Crippen LogP contribution in [0.3, 0.4) is 0 Å². The van der Waals surface area contributed by atoms with Crippen molar-refractivity contribution < 1.29 is 12.6 Å². The quantitative estimate of drug-likeness (QED) is 0.784. The molecule has 0 fully saturated rings. The first-order chi connectivity index (χ1) is 6.06. The highest BCUT2D eigenvalue weighted by molar-refractivity contribution is 9.10. The fourth-order valence-electron chi connectivity index (χ4n) is 0.779. The van der Waals surface area contributed by atoms with E-state index in [1.807, 2.05) is 0 Å². The minimum Gasteiger partial charge on any atom is -0.266 e. The summed E-state index contributed by atoms with van der Waals surface area (Å²) in [5, 5.41) is 0. The molecule has 1 aromatic rings. The van der Waals surface area contributed by atoms with Crippen LogP contribution in [0.1, 0.15) is 0 Å². The van der Waals surface area contributed by atoms with Crippen LogP contribution in [0.2, 0.25) is 0 Å². The second kappa shape index (κ2) is 4.21. The summed E-state index contributed by atoms with van der Waals surface area (Å²) in [6.45, 7) is 3.20. The average Bonchev–Trinajstić information content (AvgIpc) is 2.05. The first-order valence-electron chi connectivity index (χ1n) is 3.50. The van der Waals surface area contributed by atoms with E-state index in [1.54, 1.807) is 12.1 Å². The van der Waals surface area contributed by atoms with Gasteiger partial charge in [0.05, 0.1) is 11.5 Å². The minimum atomic E-state index is -3.61. The Labute approximate surface area is 86.0 Å². The van der Waals surface area contributed by atoms with Gasteiger partial charge < -0.3 is 0 Å². The molecule has 0 aromatic heterocycles. The molecule has 13 heavy (non-hydrogen) atoms. The van der Waals surface area contributed by atoms with Gasteiger partial charge in [0.15, 0.2) is 0 Å². The fraction of sp³-hybridized carbons (Fsp3) is 0.125. The molecule has 0 saturated heterocycles. The molecule has 0 bridgehead atoms. The van der Waals surface area contributed by atoms with E-state index in [-0.39, 0.29) is 11.5 Å². The lowest BCUT2D eigenvalue weighted by Crippen LogP contribution is -2.05. The molecule has 0 aliphatic carbocycles. The molecule has 5 heteroatoms. The Morgan fingerprint density at radius 2 is 1.85 bits per heavy atom.